The molecule has 0 heterocycles. The number of hydrogen-bond donors (Lipinski definition) is 0. The first kappa shape index (κ1) is 18.0. The van der Waals surface area contributed by atoms with Crippen molar-refractivity contribution in [2.45, 2.75) is 63.9 Å². The summed E-state index contributed by atoms with van der Waals surface area (Å²) in [5.74, 6) is -2.65. The van der Waals surface area contributed by atoms with E-state index in [1.54, 1.807) is 0 Å². The molecule has 3 nitrogen and oxygen atoms in total. The Labute approximate surface area is 139 Å². The number of halogens is 4. The normalized spacial score (nSPS) is 35.3. The van der Waals surface area contributed by atoms with Gasteiger partial charge >= 0.3 is 18.0 Å². The largest absolute Gasteiger partial charge is 0.465 e. The summed E-state index contributed by atoms with van der Waals surface area (Å²) in [4.78, 5) is 12.5. The molecule has 0 aliphatic heterocycles. The van der Waals surface area contributed by atoms with Crippen LogP contribution in [0.1, 0.15) is 51.9 Å². The Morgan fingerprint density at radius 1 is 1.00 bits per heavy atom. The second kappa shape index (κ2) is 6.15. The van der Waals surface area contributed by atoms with Gasteiger partial charge in [0.05, 0.1) is 18.6 Å². The molecule has 0 saturated heterocycles. The lowest BCUT2D eigenvalue weighted by Crippen LogP contribution is -2.50. The van der Waals surface area contributed by atoms with Crippen LogP contribution < -0.4 is 0 Å². The fourth-order valence-corrected chi connectivity index (χ4v) is 5.06. The number of hydrogen-bond acceptors (Lipinski definition) is 3. The Bertz CT molecular complexity index is 451. The smallest absolute Gasteiger partial charge is 0.419 e. The van der Waals surface area contributed by atoms with Gasteiger partial charge in [-0.25, -0.2) is 0 Å². The SMILES string of the molecule is CC(F)(F)C(F)(F)OCCCOC(=O)C12CC3CC(CC(C3)C1)C2. The van der Waals surface area contributed by atoms with Crippen molar-refractivity contribution in [2.24, 2.45) is 23.2 Å². The third kappa shape index (κ3) is 3.41. The Balaban J connectivity index is 1.42. The van der Waals surface area contributed by atoms with E-state index in [-0.39, 0.29) is 25.9 Å². The van der Waals surface area contributed by atoms with Crippen LogP contribution >= 0.6 is 0 Å². The van der Waals surface area contributed by atoms with E-state index in [1.165, 1.54) is 19.3 Å². The van der Waals surface area contributed by atoms with Gasteiger partial charge in [-0.3, -0.25) is 4.79 Å². The van der Waals surface area contributed by atoms with Gasteiger partial charge in [-0.05, 0) is 56.3 Å². The molecule has 4 saturated carbocycles. The molecule has 7 heteroatoms. The van der Waals surface area contributed by atoms with Crippen molar-refractivity contribution in [3.05, 3.63) is 0 Å². The summed E-state index contributed by atoms with van der Waals surface area (Å²) in [6.45, 7) is -0.545. The molecule has 0 N–H and O–H groups in total. The van der Waals surface area contributed by atoms with Gasteiger partial charge in [0.2, 0.25) is 0 Å². The maximum absolute atomic E-state index is 12.9. The Hall–Kier alpha value is -0.850. The molecule has 0 aromatic heterocycles. The number of ether oxygens (including phenoxy) is 2. The maximum atomic E-state index is 12.9. The molecule has 0 atom stereocenters. The predicted octanol–water partition coefficient (Wildman–Crippen LogP) is 4.40. The van der Waals surface area contributed by atoms with Crippen molar-refractivity contribution in [1.82, 2.24) is 0 Å². The summed E-state index contributed by atoms with van der Waals surface area (Å²) in [6, 6.07) is 0. The molecule has 0 unspecified atom stereocenters. The third-order valence-electron chi connectivity index (χ3n) is 5.79. The molecule has 0 amide bonds. The van der Waals surface area contributed by atoms with Gasteiger partial charge < -0.3 is 9.47 Å². The first-order valence-corrected chi connectivity index (χ1v) is 8.68. The van der Waals surface area contributed by atoms with E-state index in [4.69, 9.17) is 4.74 Å². The Morgan fingerprint density at radius 3 is 1.96 bits per heavy atom. The van der Waals surface area contributed by atoms with Gasteiger partial charge in [-0.15, -0.1) is 0 Å². The topological polar surface area (TPSA) is 35.5 Å². The molecular formula is C17H24F4O3. The van der Waals surface area contributed by atoms with Crippen molar-refractivity contribution in [1.29, 1.82) is 0 Å². The van der Waals surface area contributed by atoms with Crippen LogP contribution in [0.5, 0.6) is 0 Å². The van der Waals surface area contributed by atoms with Gasteiger partial charge in [0.15, 0.2) is 0 Å². The van der Waals surface area contributed by atoms with Crippen LogP contribution in [0.2, 0.25) is 0 Å². The zero-order chi connectivity index (χ0) is 17.6. The Kier molecular flexibility index (Phi) is 4.60. The zero-order valence-corrected chi connectivity index (χ0v) is 13.8. The van der Waals surface area contributed by atoms with E-state index in [0.717, 1.165) is 19.3 Å². The number of carbonyl (C=O) groups is 1. The van der Waals surface area contributed by atoms with Crippen LogP contribution in [-0.2, 0) is 14.3 Å². The van der Waals surface area contributed by atoms with Gasteiger partial charge in [-0.2, -0.15) is 17.6 Å². The first-order valence-electron chi connectivity index (χ1n) is 8.68. The van der Waals surface area contributed by atoms with E-state index in [0.29, 0.717) is 17.8 Å². The lowest BCUT2D eigenvalue weighted by Gasteiger charge is -2.55. The van der Waals surface area contributed by atoms with Crippen LogP contribution in [0.3, 0.4) is 0 Å². The molecule has 4 aliphatic rings. The summed E-state index contributed by atoms with van der Waals surface area (Å²) in [7, 11) is 0. The standard InChI is InChI=1S/C17H24F4O3/c1-15(18,19)17(20,21)24-4-2-3-23-14(22)16-8-11-5-12(9-16)7-13(6-11)10-16/h11-13H,2-10H2,1H3. The van der Waals surface area contributed by atoms with Gasteiger partial charge in [0.25, 0.3) is 0 Å². The van der Waals surface area contributed by atoms with Crippen LogP contribution in [-0.4, -0.2) is 31.2 Å². The highest BCUT2D eigenvalue weighted by Gasteiger charge is 2.56. The van der Waals surface area contributed by atoms with Gasteiger partial charge in [0.1, 0.15) is 0 Å². The van der Waals surface area contributed by atoms with Crippen LogP contribution in [0, 0.1) is 23.2 Å². The summed E-state index contributed by atoms with van der Waals surface area (Å²) >= 11 is 0. The minimum atomic E-state index is -4.50. The lowest BCUT2D eigenvalue weighted by atomic mass is 9.49. The quantitative estimate of drug-likeness (QED) is 0.387. The Morgan fingerprint density at radius 2 is 1.50 bits per heavy atom. The van der Waals surface area contributed by atoms with E-state index in [9.17, 15) is 22.4 Å². The second-order valence-corrected chi connectivity index (χ2v) is 7.94. The van der Waals surface area contributed by atoms with Gasteiger partial charge in [0, 0.05) is 13.3 Å². The molecule has 0 spiro atoms. The third-order valence-corrected chi connectivity index (χ3v) is 5.79. The number of carbonyl (C=O) groups excluding carboxylic acids is 1. The average Bonchev–Trinajstić information content (AvgIpc) is 2.43. The van der Waals surface area contributed by atoms with Crippen molar-refractivity contribution in [2.75, 3.05) is 13.2 Å². The highest BCUT2D eigenvalue weighted by Crippen LogP contribution is 2.60. The van der Waals surface area contributed by atoms with E-state index in [1.807, 2.05) is 0 Å². The molecule has 4 aliphatic carbocycles. The predicted molar refractivity (Wildman–Crippen MR) is 77.7 cm³/mol. The van der Waals surface area contributed by atoms with Crippen molar-refractivity contribution in [3.8, 4) is 0 Å². The number of alkyl halides is 4. The fourth-order valence-electron chi connectivity index (χ4n) is 5.06. The van der Waals surface area contributed by atoms with E-state index >= 15 is 0 Å². The molecule has 138 valence electrons. The summed E-state index contributed by atoms with van der Waals surface area (Å²) in [5.41, 5.74) is -0.393. The molecule has 0 aromatic carbocycles. The summed E-state index contributed by atoms with van der Waals surface area (Å²) < 4.78 is 60.3. The average molecular weight is 352 g/mol. The molecule has 4 rings (SSSR count). The highest BCUT2D eigenvalue weighted by atomic mass is 19.3. The number of rotatable bonds is 7. The van der Waals surface area contributed by atoms with Crippen molar-refractivity contribution < 1.29 is 31.8 Å². The summed E-state index contributed by atoms with van der Waals surface area (Å²) in [5, 5.41) is 0. The van der Waals surface area contributed by atoms with Crippen molar-refractivity contribution in [3.63, 3.8) is 0 Å². The lowest BCUT2D eigenvalue weighted by molar-refractivity contribution is -0.341. The maximum Gasteiger partial charge on any atom is 0.419 e. The minimum Gasteiger partial charge on any atom is -0.465 e. The van der Waals surface area contributed by atoms with Crippen LogP contribution in [0.4, 0.5) is 17.6 Å². The first-order chi connectivity index (χ1) is 11.1. The minimum absolute atomic E-state index is 0.0240. The molecular weight excluding hydrogens is 328 g/mol. The molecule has 24 heavy (non-hydrogen) atoms. The van der Waals surface area contributed by atoms with E-state index in [2.05, 4.69) is 4.74 Å². The second-order valence-electron chi connectivity index (χ2n) is 7.94. The van der Waals surface area contributed by atoms with Crippen LogP contribution in [0.25, 0.3) is 0 Å². The fraction of sp³-hybridized carbons (Fsp3) is 0.941. The molecule has 0 aromatic rings. The summed E-state index contributed by atoms with van der Waals surface area (Å²) in [6.07, 6.45) is 1.71. The van der Waals surface area contributed by atoms with Gasteiger partial charge in [-0.1, -0.05) is 0 Å². The monoisotopic (exact) mass is 352 g/mol. The molecule has 4 fully saturated rings. The highest BCUT2D eigenvalue weighted by molar-refractivity contribution is 5.77. The molecule has 0 radical (unpaired) electrons. The zero-order valence-electron chi connectivity index (χ0n) is 13.8. The molecule has 4 bridgehead atoms. The van der Waals surface area contributed by atoms with Crippen LogP contribution in [0.15, 0.2) is 0 Å². The van der Waals surface area contributed by atoms with E-state index < -0.39 is 24.1 Å². The number of esters is 1. The van der Waals surface area contributed by atoms with Crippen molar-refractivity contribution >= 4 is 5.97 Å².